The Labute approximate surface area is 114 Å². The normalized spacial score (nSPS) is 34.5. The predicted octanol–water partition coefficient (Wildman–Crippen LogP) is 1.91. The fourth-order valence-electron chi connectivity index (χ4n) is 2.64. The van der Waals surface area contributed by atoms with Gasteiger partial charge in [-0.1, -0.05) is 26.8 Å². The minimum absolute atomic E-state index is 0.180. The topological polar surface area (TPSA) is 32.8 Å². The van der Waals surface area contributed by atoms with Gasteiger partial charge in [-0.3, -0.25) is 9.46 Å². The fourth-order valence-corrected chi connectivity index (χ4v) is 6.41. The molecule has 0 aliphatic carbocycles. The van der Waals surface area contributed by atoms with Crippen molar-refractivity contribution in [2.45, 2.75) is 6.04 Å². The van der Waals surface area contributed by atoms with Crippen LogP contribution in [0.25, 0.3) is 0 Å². The smallest absolute Gasteiger partial charge is 0.231 e. The van der Waals surface area contributed by atoms with Crippen molar-refractivity contribution < 1.29 is 9.32 Å². The van der Waals surface area contributed by atoms with Crippen LogP contribution in [-0.4, -0.2) is 41.0 Å². The van der Waals surface area contributed by atoms with Crippen LogP contribution >= 0.6 is 52.1 Å². The minimum Gasteiger partial charge on any atom is -0.363 e. The molecule has 10 heteroatoms. The van der Waals surface area contributed by atoms with Crippen LogP contribution in [0.5, 0.6) is 0 Å². The second kappa shape index (κ2) is 6.61. The molecule has 0 aromatic heterocycles. The summed E-state index contributed by atoms with van der Waals surface area (Å²) in [6.45, 7) is 2.54. The zero-order valence-electron chi connectivity index (χ0n) is 9.32. The lowest BCUT2D eigenvalue weighted by Crippen LogP contribution is -2.34. The highest BCUT2D eigenvalue weighted by molar-refractivity contribution is 8.42. The van der Waals surface area contributed by atoms with E-state index in [1.54, 1.807) is 0 Å². The van der Waals surface area contributed by atoms with Crippen molar-refractivity contribution in [3.05, 3.63) is 0 Å². The van der Waals surface area contributed by atoms with E-state index >= 15 is 0 Å². The molecule has 2 aliphatic rings. The van der Waals surface area contributed by atoms with Gasteiger partial charge in [0.15, 0.2) is 0 Å². The summed E-state index contributed by atoms with van der Waals surface area (Å²) in [5.41, 5.74) is 0. The molecule has 5 unspecified atom stereocenters. The van der Waals surface area contributed by atoms with Crippen LogP contribution in [0.4, 0.5) is 0 Å². The predicted molar refractivity (Wildman–Crippen MR) is 89.2 cm³/mol. The molecule has 0 bridgehead atoms. The van der Waals surface area contributed by atoms with Crippen LogP contribution in [0.2, 0.25) is 0 Å². The van der Waals surface area contributed by atoms with Crippen LogP contribution in [0, 0.1) is 11.8 Å². The van der Waals surface area contributed by atoms with Gasteiger partial charge in [-0.25, -0.2) is 0 Å². The minimum atomic E-state index is -0.246. The van der Waals surface area contributed by atoms with Crippen molar-refractivity contribution in [3.63, 3.8) is 0 Å². The molecule has 0 saturated carbocycles. The van der Waals surface area contributed by atoms with E-state index < -0.39 is 0 Å². The Balaban J connectivity index is 2.13. The van der Waals surface area contributed by atoms with Gasteiger partial charge < -0.3 is 9.19 Å². The summed E-state index contributed by atoms with van der Waals surface area (Å²) in [5.74, 6) is 0.922. The molecular weight excluding hydrogens is 330 g/mol. The molecule has 2 rings (SSSR count). The molecule has 4 nitrogen and oxygen atoms in total. The van der Waals surface area contributed by atoms with Crippen molar-refractivity contribution in [1.29, 1.82) is 0 Å². The Kier molecular flexibility index (Phi) is 5.98. The van der Waals surface area contributed by atoms with Crippen LogP contribution < -0.4 is 0 Å². The number of carbonyl (C=O) groups excluding carboxylic acids is 1. The van der Waals surface area contributed by atoms with E-state index in [4.69, 9.17) is 4.52 Å². The molecule has 8 atom stereocenters. The first kappa shape index (κ1) is 15.4. The molecule has 98 valence electrons. The monoisotopic (exact) mass is 348 g/mol. The Morgan fingerprint density at radius 1 is 1.47 bits per heavy atom. The van der Waals surface area contributed by atoms with E-state index in [2.05, 4.69) is 40.9 Å². The summed E-state index contributed by atoms with van der Waals surface area (Å²) < 4.78 is 9.59. The third kappa shape index (κ3) is 3.02. The lowest BCUT2D eigenvalue weighted by molar-refractivity contribution is -0.127. The summed E-state index contributed by atoms with van der Waals surface area (Å²) in [4.78, 5) is 12.3. The summed E-state index contributed by atoms with van der Waals surface area (Å²) >= 11 is 0. The highest BCUT2D eigenvalue weighted by Gasteiger charge is 2.52. The second-order valence-corrected chi connectivity index (χ2v) is 12.4. The number of amides is 1. The molecule has 0 N–H and O–H groups in total. The fraction of sp³-hybridized carbons (Fsp3) is 0.857. The van der Waals surface area contributed by atoms with E-state index in [9.17, 15) is 4.79 Å². The van der Waals surface area contributed by atoms with Crippen LogP contribution in [0.15, 0.2) is 0 Å². The van der Waals surface area contributed by atoms with Crippen molar-refractivity contribution >= 4 is 58.0 Å². The van der Waals surface area contributed by atoms with Crippen LogP contribution in [-0.2, 0) is 9.32 Å². The van der Waals surface area contributed by atoms with E-state index in [-0.39, 0.29) is 19.4 Å². The second-order valence-electron chi connectivity index (χ2n) is 4.26. The molecule has 0 aromatic carbocycles. The highest BCUT2D eigenvalue weighted by atomic mass is 32.4. The number of hydrogen-bond acceptors (Lipinski definition) is 3. The third-order valence-electron chi connectivity index (χ3n) is 3.46. The van der Waals surface area contributed by atoms with Gasteiger partial charge in [-0.05, 0) is 8.42 Å². The number of rotatable bonds is 4. The van der Waals surface area contributed by atoms with Crippen LogP contribution in [0.1, 0.15) is 0 Å². The van der Waals surface area contributed by atoms with E-state index in [1.165, 1.54) is 0 Å². The van der Waals surface area contributed by atoms with Crippen molar-refractivity contribution in [2.75, 3.05) is 19.7 Å². The van der Waals surface area contributed by atoms with Gasteiger partial charge in [-0.2, -0.15) is 0 Å². The Morgan fingerprint density at radius 3 is 2.71 bits per heavy atom. The molecule has 0 aromatic rings. The maximum atomic E-state index is 12.3. The Hall–Kier alpha value is 1.97. The zero-order valence-corrected chi connectivity index (χ0v) is 15.8. The molecule has 2 fully saturated rings. The van der Waals surface area contributed by atoms with E-state index in [0.29, 0.717) is 26.9 Å². The van der Waals surface area contributed by atoms with Gasteiger partial charge in [0.05, 0.1) is 18.6 Å². The summed E-state index contributed by atoms with van der Waals surface area (Å²) in [6.07, 6.45) is 0. The molecule has 0 spiro atoms. The molecule has 2 heterocycles. The van der Waals surface area contributed by atoms with Gasteiger partial charge in [0, 0.05) is 35.9 Å². The average molecular weight is 348 g/mol. The summed E-state index contributed by atoms with van der Waals surface area (Å²) in [6, 6.07) is 0.246. The van der Waals surface area contributed by atoms with E-state index in [1.807, 2.05) is 4.67 Å². The van der Waals surface area contributed by atoms with Gasteiger partial charge >= 0.3 is 0 Å². The molecule has 2 saturated heterocycles. The summed E-state index contributed by atoms with van der Waals surface area (Å²) in [7, 11) is 10.9. The first-order valence-corrected chi connectivity index (χ1v) is 13.0. The largest absolute Gasteiger partial charge is 0.363 e. The lowest BCUT2D eigenvalue weighted by Gasteiger charge is -2.28. The quantitative estimate of drug-likeness (QED) is 0.728. The number of carbonyl (C=O) groups is 1. The van der Waals surface area contributed by atoms with Gasteiger partial charge in [0.2, 0.25) is 5.91 Å². The van der Waals surface area contributed by atoms with Gasteiger partial charge in [0.1, 0.15) is 0 Å². The van der Waals surface area contributed by atoms with Crippen LogP contribution in [0.3, 0.4) is 0 Å². The highest BCUT2D eigenvalue weighted by Crippen LogP contribution is 2.60. The first-order chi connectivity index (χ1) is 8.10. The van der Waals surface area contributed by atoms with Crippen molar-refractivity contribution in [3.8, 4) is 0 Å². The number of fused-ring (bicyclic) bond motifs is 1. The number of nitrogens with zero attached hydrogens (tertiary/aromatic N) is 2. The molecule has 2 aliphatic heterocycles. The maximum Gasteiger partial charge on any atom is 0.231 e. The Bertz CT molecular complexity index is 306. The lowest BCUT2D eigenvalue weighted by atomic mass is 9.94. The Morgan fingerprint density at radius 2 is 2.18 bits per heavy atom. The molecule has 17 heavy (non-hydrogen) atoms. The van der Waals surface area contributed by atoms with Crippen molar-refractivity contribution in [2.24, 2.45) is 11.8 Å². The van der Waals surface area contributed by atoms with Gasteiger partial charge in [0.25, 0.3) is 0 Å². The summed E-state index contributed by atoms with van der Waals surface area (Å²) in [5, 5.41) is 0. The maximum absolute atomic E-state index is 12.3. The number of hydrogen-bond donors (Lipinski definition) is 0. The molecular formula is C7H18N2O2P6. The molecule has 1 amide bonds. The molecule has 0 radical (unpaired) electrons. The van der Waals surface area contributed by atoms with Gasteiger partial charge in [-0.15, -0.1) is 0 Å². The third-order valence-corrected chi connectivity index (χ3v) is 8.26. The average Bonchev–Trinajstić information content (AvgIpc) is 2.81. The van der Waals surface area contributed by atoms with Crippen molar-refractivity contribution in [1.82, 2.24) is 9.34 Å². The first-order valence-electron chi connectivity index (χ1n) is 5.25. The zero-order chi connectivity index (χ0) is 12.6. The van der Waals surface area contributed by atoms with E-state index in [0.717, 1.165) is 13.1 Å². The standard InChI is InChI=1S/C7H18N2O2P6/c10-7-5-2-8(17(14)15)1-4(5)6(3-11-12)9(7)16-13/h4-6,16H,1-3,12-15H2/t4-,5+,6+/m0/s1. The SMILES string of the molecule is O=C1[C@@H]2CN(P(P)P)C[C@@H]2[C@@H](COP)N1PP.